The van der Waals surface area contributed by atoms with Crippen LogP contribution in [-0.4, -0.2) is 40.5 Å². The molecule has 0 saturated carbocycles. The highest BCUT2D eigenvalue weighted by Gasteiger charge is 2.40. The fourth-order valence-electron chi connectivity index (χ4n) is 1.81. The Balaban J connectivity index is 2.79. The zero-order valence-electron chi connectivity index (χ0n) is 8.32. The van der Waals surface area contributed by atoms with Gasteiger partial charge in [-0.15, -0.1) is 0 Å². The number of Topliss-reactive ketones (excluding diaryl/α,β-unsaturated/α-hetero) is 1. The van der Waals surface area contributed by atoms with Crippen molar-refractivity contribution < 1.29 is 14.7 Å². The van der Waals surface area contributed by atoms with Gasteiger partial charge >= 0.3 is 5.97 Å². The van der Waals surface area contributed by atoms with Gasteiger partial charge in [-0.25, -0.2) is 0 Å². The number of likely N-dealkylation sites (tertiary alicyclic amines) is 1. The third-order valence-electron chi connectivity index (χ3n) is 2.70. The lowest BCUT2D eigenvalue weighted by Gasteiger charge is -2.34. The Hall–Kier alpha value is -0.940. The van der Waals surface area contributed by atoms with Crippen LogP contribution in [0.4, 0.5) is 0 Å². The molecule has 0 radical (unpaired) electrons. The Bertz CT molecular complexity index is 248. The van der Waals surface area contributed by atoms with Gasteiger partial charge in [-0.3, -0.25) is 14.5 Å². The molecule has 5 heteroatoms. The highest BCUT2D eigenvalue weighted by atomic mass is 16.4. The number of carboxylic acids is 1. The van der Waals surface area contributed by atoms with Crippen LogP contribution in [-0.2, 0) is 9.59 Å². The van der Waals surface area contributed by atoms with Crippen LogP contribution >= 0.6 is 0 Å². The molecule has 0 amide bonds. The van der Waals surface area contributed by atoms with E-state index in [1.54, 1.807) is 4.90 Å². The summed E-state index contributed by atoms with van der Waals surface area (Å²) in [5.41, 5.74) is 4.54. The maximum atomic E-state index is 11.4. The lowest BCUT2D eigenvalue weighted by molar-refractivity contribution is -0.145. The number of hydrogen-bond donors (Lipinski definition) is 2. The summed E-state index contributed by atoms with van der Waals surface area (Å²) in [5.74, 6) is -1.31. The lowest BCUT2D eigenvalue weighted by Crippen LogP contribution is -2.60. The minimum atomic E-state index is -1.30. The van der Waals surface area contributed by atoms with Crippen molar-refractivity contribution in [1.29, 1.82) is 0 Å². The molecule has 0 spiro atoms. The quantitative estimate of drug-likeness (QED) is 0.656. The molecule has 1 rings (SSSR count). The molecule has 1 fully saturated rings. The molecule has 14 heavy (non-hydrogen) atoms. The molecule has 5 nitrogen and oxygen atoms in total. The molecule has 0 aromatic carbocycles. The Morgan fingerprint density at radius 2 is 1.93 bits per heavy atom. The van der Waals surface area contributed by atoms with Gasteiger partial charge in [0.05, 0.1) is 6.42 Å². The van der Waals surface area contributed by atoms with Crippen LogP contribution in [0.25, 0.3) is 0 Å². The van der Waals surface area contributed by atoms with E-state index in [0.717, 1.165) is 12.8 Å². The third-order valence-corrected chi connectivity index (χ3v) is 2.70. The van der Waals surface area contributed by atoms with Gasteiger partial charge in [-0.1, -0.05) is 0 Å². The molecule has 0 bridgehead atoms. The van der Waals surface area contributed by atoms with Crippen molar-refractivity contribution in [2.45, 2.75) is 31.8 Å². The average Bonchev–Trinajstić information content (AvgIpc) is 2.53. The molecule has 1 atom stereocenters. The minimum Gasteiger partial charge on any atom is -0.481 e. The van der Waals surface area contributed by atoms with Gasteiger partial charge < -0.3 is 10.8 Å². The molecule has 0 aromatic rings. The van der Waals surface area contributed by atoms with Gasteiger partial charge in [0.2, 0.25) is 0 Å². The number of aliphatic carboxylic acids is 1. The van der Waals surface area contributed by atoms with E-state index in [0.29, 0.717) is 13.1 Å². The first-order valence-electron chi connectivity index (χ1n) is 4.73. The van der Waals surface area contributed by atoms with Gasteiger partial charge in [0.15, 0.2) is 5.78 Å². The molecule has 1 heterocycles. The first-order chi connectivity index (χ1) is 6.47. The smallest absolute Gasteiger partial charge is 0.307 e. The van der Waals surface area contributed by atoms with Crippen molar-refractivity contribution >= 4 is 11.8 Å². The highest BCUT2D eigenvalue weighted by Crippen LogP contribution is 2.21. The van der Waals surface area contributed by atoms with E-state index < -0.39 is 11.6 Å². The summed E-state index contributed by atoms with van der Waals surface area (Å²) in [6.07, 6.45) is 1.64. The standard InChI is InChI=1S/C9H16N2O3/c1-7(12)9(10,6-8(13)14)11-4-2-3-5-11/h2-6,10H2,1H3,(H,13,14). The number of ketones is 1. The normalized spacial score (nSPS) is 21.9. The third kappa shape index (κ3) is 2.10. The Morgan fingerprint density at radius 3 is 2.29 bits per heavy atom. The SMILES string of the molecule is CC(=O)C(N)(CC(=O)O)N1CCCC1. The zero-order valence-corrected chi connectivity index (χ0v) is 8.32. The second-order valence-electron chi connectivity index (χ2n) is 3.75. The highest BCUT2D eigenvalue weighted by molar-refractivity contribution is 5.89. The summed E-state index contributed by atoms with van der Waals surface area (Å²) >= 11 is 0. The van der Waals surface area contributed by atoms with E-state index in [1.165, 1.54) is 6.92 Å². The molecule has 3 N–H and O–H groups in total. The van der Waals surface area contributed by atoms with Gasteiger partial charge in [0.1, 0.15) is 5.66 Å². The number of carbonyl (C=O) groups is 2. The zero-order chi connectivity index (χ0) is 10.8. The monoisotopic (exact) mass is 200 g/mol. The first kappa shape index (κ1) is 11.1. The van der Waals surface area contributed by atoms with Crippen molar-refractivity contribution in [3.05, 3.63) is 0 Å². The summed E-state index contributed by atoms with van der Waals surface area (Å²) in [5, 5.41) is 8.70. The maximum Gasteiger partial charge on any atom is 0.307 e. The lowest BCUT2D eigenvalue weighted by atomic mass is 10.0. The molecule has 1 unspecified atom stereocenters. The van der Waals surface area contributed by atoms with Crippen LogP contribution in [0.2, 0.25) is 0 Å². The van der Waals surface area contributed by atoms with Crippen LogP contribution in [0.1, 0.15) is 26.2 Å². The van der Waals surface area contributed by atoms with Gasteiger partial charge in [0.25, 0.3) is 0 Å². The van der Waals surface area contributed by atoms with E-state index in [4.69, 9.17) is 10.8 Å². The van der Waals surface area contributed by atoms with E-state index in [-0.39, 0.29) is 12.2 Å². The van der Waals surface area contributed by atoms with Crippen molar-refractivity contribution in [3.63, 3.8) is 0 Å². The largest absolute Gasteiger partial charge is 0.481 e. The van der Waals surface area contributed by atoms with Crippen LogP contribution < -0.4 is 5.73 Å². The van der Waals surface area contributed by atoms with Gasteiger partial charge in [-0.05, 0) is 19.8 Å². The number of carbonyl (C=O) groups excluding carboxylic acids is 1. The summed E-state index contributed by atoms with van der Waals surface area (Å²) in [6.45, 7) is 2.77. The summed E-state index contributed by atoms with van der Waals surface area (Å²) < 4.78 is 0. The molecule has 80 valence electrons. The van der Waals surface area contributed by atoms with Gasteiger partial charge in [-0.2, -0.15) is 0 Å². The van der Waals surface area contributed by atoms with Gasteiger partial charge in [0, 0.05) is 13.1 Å². The predicted molar refractivity (Wildman–Crippen MR) is 50.7 cm³/mol. The van der Waals surface area contributed by atoms with Crippen molar-refractivity contribution in [2.24, 2.45) is 5.73 Å². The molecule has 0 aliphatic carbocycles. The minimum absolute atomic E-state index is 0.276. The van der Waals surface area contributed by atoms with Crippen molar-refractivity contribution in [3.8, 4) is 0 Å². The van der Waals surface area contributed by atoms with Crippen molar-refractivity contribution in [2.75, 3.05) is 13.1 Å². The molecular weight excluding hydrogens is 184 g/mol. The Labute approximate surface area is 82.9 Å². The van der Waals surface area contributed by atoms with E-state index in [9.17, 15) is 9.59 Å². The summed E-state index contributed by atoms with van der Waals surface area (Å²) in [4.78, 5) is 23.7. The summed E-state index contributed by atoms with van der Waals surface area (Å²) in [6, 6.07) is 0. The van der Waals surface area contributed by atoms with E-state index in [2.05, 4.69) is 0 Å². The average molecular weight is 200 g/mol. The fourth-order valence-corrected chi connectivity index (χ4v) is 1.81. The second kappa shape index (κ2) is 4.06. The van der Waals surface area contributed by atoms with Crippen molar-refractivity contribution in [1.82, 2.24) is 4.90 Å². The number of hydrogen-bond acceptors (Lipinski definition) is 4. The molecule has 1 saturated heterocycles. The number of carboxylic acid groups (broad SMARTS) is 1. The van der Waals surface area contributed by atoms with E-state index in [1.807, 2.05) is 0 Å². The van der Waals surface area contributed by atoms with Crippen LogP contribution in [0.5, 0.6) is 0 Å². The topological polar surface area (TPSA) is 83.6 Å². The number of rotatable bonds is 4. The Kier molecular flexibility index (Phi) is 3.23. The molecule has 0 aromatic heterocycles. The number of nitrogens with zero attached hydrogens (tertiary/aromatic N) is 1. The summed E-state index contributed by atoms with van der Waals surface area (Å²) in [7, 11) is 0. The predicted octanol–water partition coefficient (Wildman–Crippen LogP) is -0.199. The molecule has 1 aliphatic rings. The Morgan fingerprint density at radius 1 is 1.43 bits per heavy atom. The maximum absolute atomic E-state index is 11.4. The molecular formula is C9H16N2O3. The van der Waals surface area contributed by atoms with E-state index >= 15 is 0 Å². The fraction of sp³-hybridized carbons (Fsp3) is 0.778. The van der Waals surface area contributed by atoms with Crippen LogP contribution in [0.15, 0.2) is 0 Å². The number of nitrogens with two attached hydrogens (primary N) is 1. The second-order valence-corrected chi connectivity index (χ2v) is 3.75. The van der Waals surface area contributed by atoms with Crippen LogP contribution in [0.3, 0.4) is 0 Å². The first-order valence-corrected chi connectivity index (χ1v) is 4.73. The molecule has 1 aliphatic heterocycles. The van der Waals surface area contributed by atoms with Crippen LogP contribution in [0, 0.1) is 0 Å².